The number of halogens is 4. The molecular weight excluding hydrogens is 453 g/mol. The molecule has 0 bridgehead atoms. The van der Waals surface area contributed by atoms with Gasteiger partial charge in [0.15, 0.2) is 0 Å². The first-order valence-corrected chi connectivity index (χ1v) is 10.7. The van der Waals surface area contributed by atoms with E-state index in [4.69, 9.17) is 11.6 Å². The van der Waals surface area contributed by atoms with Gasteiger partial charge in [-0.2, -0.15) is 13.2 Å². The van der Waals surface area contributed by atoms with Gasteiger partial charge in [-0.3, -0.25) is 9.52 Å². The number of sulfonamides is 1. The molecule has 0 aliphatic rings. The zero-order chi connectivity index (χ0) is 22.8. The summed E-state index contributed by atoms with van der Waals surface area (Å²) >= 11 is 6.05. The fourth-order valence-electron chi connectivity index (χ4n) is 2.68. The molecule has 10 heteroatoms. The second-order valence-electron chi connectivity index (χ2n) is 6.59. The van der Waals surface area contributed by atoms with E-state index in [9.17, 15) is 26.4 Å². The molecular formula is C21H16ClF3N2O3S. The maximum Gasteiger partial charge on any atom is 0.416 e. The van der Waals surface area contributed by atoms with Crippen molar-refractivity contribution in [2.45, 2.75) is 18.0 Å². The van der Waals surface area contributed by atoms with Crippen LogP contribution in [0.1, 0.15) is 21.5 Å². The summed E-state index contributed by atoms with van der Waals surface area (Å²) in [6.45, 7) is 1.73. The fourth-order valence-corrected chi connectivity index (χ4v) is 4.34. The highest BCUT2D eigenvalue weighted by atomic mass is 35.5. The average Bonchev–Trinajstić information content (AvgIpc) is 2.69. The summed E-state index contributed by atoms with van der Waals surface area (Å²) in [7, 11) is -4.10. The average molecular weight is 469 g/mol. The smallest absolute Gasteiger partial charge is 0.322 e. The number of rotatable bonds is 5. The molecule has 0 radical (unpaired) electrons. The molecule has 0 fully saturated rings. The van der Waals surface area contributed by atoms with Crippen LogP contribution in [0.4, 0.5) is 24.5 Å². The van der Waals surface area contributed by atoms with Crippen LogP contribution >= 0.6 is 11.6 Å². The van der Waals surface area contributed by atoms with Crippen LogP contribution in [-0.2, 0) is 16.2 Å². The third-order valence-corrected chi connectivity index (χ3v) is 6.19. The number of carbonyl (C=O) groups is 1. The quantitative estimate of drug-likeness (QED) is 0.503. The third-order valence-electron chi connectivity index (χ3n) is 4.34. The van der Waals surface area contributed by atoms with Gasteiger partial charge in [0.05, 0.1) is 16.3 Å². The van der Waals surface area contributed by atoms with E-state index in [2.05, 4.69) is 10.0 Å². The summed E-state index contributed by atoms with van der Waals surface area (Å²) in [5.41, 5.74) is 0.286. The molecule has 0 saturated carbocycles. The topological polar surface area (TPSA) is 75.3 Å². The Bertz CT molecular complexity index is 1230. The Morgan fingerprint density at radius 2 is 1.61 bits per heavy atom. The first-order chi connectivity index (χ1) is 14.5. The van der Waals surface area contributed by atoms with Crippen molar-refractivity contribution < 1.29 is 26.4 Å². The Morgan fingerprint density at radius 3 is 2.23 bits per heavy atom. The Morgan fingerprint density at radius 1 is 0.968 bits per heavy atom. The molecule has 1 amide bonds. The van der Waals surface area contributed by atoms with Crippen molar-refractivity contribution >= 4 is 38.9 Å². The standard InChI is InChI=1S/C21H16ClF3N2O3S/c1-13-4-2-3-5-18(13)27-31(29,30)19-12-14(6-11-17(19)22)20(28)26-16-9-7-15(8-10-16)21(23,24)25/h2-12,27H,1H3,(H,26,28). The minimum atomic E-state index is -4.49. The van der Waals surface area contributed by atoms with Crippen molar-refractivity contribution in [1.82, 2.24) is 0 Å². The van der Waals surface area contributed by atoms with E-state index in [-0.39, 0.29) is 21.2 Å². The maximum atomic E-state index is 12.8. The van der Waals surface area contributed by atoms with Crippen LogP contribution in [0.2, 0.25) is 5.02 Å². The van der Waals surface area contributed by atoms with Crippen LogP contribution in [0.5, 0.6) is 0 Å². The van der Waals surface area contributed by atoms with Crippen molar-refractivity contribution in [3.8, 4) is 0 Å². The number of benzene rings is 3. The molecule has 0 aromatic heterocycles. The summed E-state index contributed by atoms with van der Waals surface area (Å²) in [5, 5.41) is 2.34. The molecule has 5 nitrogen and oxygen atoms in total. The number of hydrogen-bond donors (Lipinski definition) is 2. The fraction of sp³-hybridized carbons (Fsp3) is 0.0952. The molecule has 3 aromatic rings. The highest BCUT2D eigenvalue weighted by molar-refractivity contribution is 7.92. The van der Waals surface area contributed by atoms with Gasteiger partial charge in [0.25, 0.3) is 15.9 Å². The van der Waals surface area contributed by atoms with Gasteiger partial charge in [0.1, 0.15) is 4.90 Å². The molecule has 2 N–H and O–H groups in total. The number of alkyl halides is 3. The van der Waals surface area contributed by atoms with Crippen LogP contribution in [0.25, 0.3) is 0 Å². The number of nitrogens with one attached hydrogen (secondary N) is 2. The van der Waals surface area contributed by atoms with Gasteiger partial charge in [-0.25, -0.2) is 8.42 Å². The van der Waals surface area contributed by atoms with Gasteiger partial charge in [-0.1, -0.05) is 29.8 Å². The lowest BCUT2D eigenvalue weighted by Crippen LogP contribution is -2.17. The highest BCUT2D eigenvalue weighted by Gasteiger charge is 2.30. The number of aryl methyl sites for hydroxylation is 1. The summed E-state index contributed by atoms with van der Waals surface area (Å²) in [5.74, 6) is -0.705. The Kier molecular flexibility index (Phi) is 6.28. The number of hydrogen-bond acceptors (Lipinski definition) is 3. The van der Waals surface area contributed by atoms with Gasteiger partial charge in [0, 0.05) is 11.3 Å². The largest absolute Gasteiger partial charge is 0.416 e. The molecule has 0 atom stereocenters. The molecule has 0 spiro atoms. The summed E-state index contributed by atoms with van der Waals surface area (Å²) in [6.07, 6.45) is -4.49. The van der Waals surface area contributed by atoms with Crippen molar-refractivity contribution in [3.63, 3.8) is 0 Å². The molecule has 31 heavy (non-hydrogen) atoms. The lowest BCUT2D eigenvalue weighted by Gasteiger charge is -2.13. The first-order valence-electron chi connectivity index (χ1n) is 8.84. The highest BCUT2D eigenvalue weighted by Crippen LogP contribution is 2.30. The molecule has 0 aliphatic carbocycles. The number of carbonyl (C=O) groups excluding carboxylic acids is 1. The SMILES string of the molecule is Cc1ccccc1NS(=O)(=O)c1cc(C(=O)Nc2ccc(C(F)(F)F)cc2)ccc1Cl. The summed E-state index contributed by atoms with van der Waals surface area (Å²) in [4.78, 5) is 12.2. The van der Waals surface area contributed by atoms with Crippen LogP contribution in [-0.4, -0.2) is 14.3 Å². The Labute approximate surface area is 181 Å². The van der Waals surface area contributed by atoms with E-state index in [1.807, 2.05) is 0 Å². The second-order valence-corrected chi connectivity index (χ2v) is 8.65. The van der Waals surface area contributed by atoms with E-state index in [1.54, 1.807) is 31.2 Å². The van der Waals surface area contributed by atoms with Crippen molar-refractivity contribution in [3.05, 3.63) is 88.4 Å². The van der Waals surface area contributed by atoms with Crippen LogP contribution < -0.4 is 10.0 Å². The first kappa shape index (κ1) is 22.6. The minimum absolute atomic E-state index is 0.0329. The minimum Gasteiger partial charge on any atom is -0.322 e. The molecule has 0 aliphatic heterocycles. The van der Waals surface area contributed by atoms with Crippen molar-refractivity contribution in [1.29, 1.82) is 0 Å². The van der Waals surface area contributed by atoms with Crippen molar-refractivity contribution in [2.75, 3.05) is 10.0 Å². The van der Waals surface area contributed by atoms with Gasteiger partial charge in [-0.15, -0.1) is 0 Å². The Hall–Kier alpha value is -3.04. The van der Waals surface area contributed by atoms with E-state index in [0.29, 0.717) is 11.3 Å². The predicted molar refractivity (Wildman–Crippen MR) is 113 cm³/mol. The van der Waals surface area contributed by atoms with E-state index < -0.39 is 27.7 Å². The number of anilines is 2. The zero-order valence-electron chi connectivity index (χ0n) is 16.0. The predicted octanol–water partition coefficient (Wildman–Crippen LogP) is 5.72. The van der Waals surface area contributed by atoms with Crippen LogP contribution in [0, 0.1) is 6.92 Å². The zero-order valence-corrected chi connectivity index (χ0v) is 17.6. The summed E-state index contributed by atoms with van der Waals surface area (Å²) < 4.78 is 66.0. The van der Waals surface area contributed by atoms with Gasteiger partial charge >= 0.3 is 6.18 Å². The lowest BCUT2D eigenvalue weighted by atomic mass is 10.1. The number of amides is 1. The van der Waals surface area contributed by atoms with Gasteiger partial charge < -0.3 is 5.32 Å². The molecule has 0 unspecified atom stereocenters. The van der Waals surface area contributed by atoms with E-state index >= 15 is 0 Å². The lowest BCUT2D eigenvalue weighted by molar-refractivity contribution is -0.137. The van der Waals surface area contributed by atoms with Gasteiger partial charge in [0.2, 0.25) is 0 Å². The molecule has 162 valence electrons. The molecule has 3 rings (SSSR count). The van der Waals surface area contributed by atoms with E-state index in [1.165, 1.54) is 12.1 Å². The molecule has 0 saturated heterocycles. The second kappa shape index (κ2) is 8.60. The Balaban J connectivity index is 1.84. The van der Waals surface area contributed by atoms with Crippen LogP contribution in [0.15, 0.2) is 71.6 Å². The van der Waals surface area contributed by atoms with E-state index in [0.717, 1.165) is 30.3 Å². The number of para-hydroxylation sites is 1. The monoisotopic (exact) mass is 468 g/mol. The third kappa shape index (κ3) is 5.36. The van der Waals surface area contributed by atoms with Gasteiger partial charge in [-0.05, 0) is 61.0 Å². The maximum absolute atomic E-state index is 12.8. The molecule has 0 heterocycles. The normalized spacial score (nSPS) is 11.8. The van der Waals surface area contributed by atoms with Crippen LogP contribution in [0.3, 0.4) is 0 Å². The van der Waals surface area contributed by atoms with Crippen molar-refractivity contribution in [2.24, 2.45) is 0 Å². The summed E-state index contributed by atoms with van der Waals surface area (Å²) in [6, 6.07) is 14.3. The molecule has 3 aromatic carbocycles.